The van der Waals surface area contributed by atoms with E-state index in [1.807, 2.05) is 13.0 Å². The summed E-state index contributed by atoms with van der Waals surface area (Å²) < 4.78 is 15.2. The first kappa shape index (κ1) is 16.0. The van der Waals surface area contributed by atoms with Gasteiger partial charge in [-0.2, -0.15) is 0 Å². The smallest absolute Gasteiger partial charge is 0.344 e. The Balaban J connectivity index is 2.94. The van der Waals surface area contributed by atoms with E-state index in [2.05, 4.69) is 0 Å². The third-order valence-electron chi connectivity index (χ3n) is 2.62. The van der Waals surface area contributed by atoms with Gasteiger partial charge in [-0.1, -0.05) is 19.1 Å². The Kier molecular flexibility index (Phi) is 6.56. The number of hydrogen-bond acceptors (Lipinski definition) is 5. The maximum absolute atomic E-state index is 12.0. The standard InChI is InChI=1S/C15H20O5/c1-4-11-8-7-9-12(14(11)15(17)19-6-3)20-10-13(16)18-5-2/h7-9H,4-6,10H2,1-3H3. The zero-order chi connectivity index (χ0) is 15.0. The van der Waals surface area contributed by atoms with Crippen molar-refractivity contribution in [2.45, 2.75) is 27.2 Å². The molecule has 0 aromatic heterocycles. The number of carbonyl (C=O) groups excluding carboxylic acids is 2. The molecule has 0 unspecified atom stereocenters. The molecule has 20 heavy (non-hydrogen) atoms. The Morgan fingerprint density at radius 3 is 2.35 bits per heavy atom. The summed E-state index contributed by atoms with van der Waals surface area (Å²) in [5.74, 6) is -0.566. The van der Waals surface area contributed by atoms with E-state index in [1.54, 1.807) is 26.0 Å². The highest BCUT2D eigenvalue weighted by molar-refractivity contribution is 5.94. The second kappa shape index (κ2) is 8.19. The fourth-order valence-corrected chi connectivity index (χ4v) is 1.77. The molecule has 0 saturated carbocycles. The third kappa shape index (κ3) is 4.26. The second-order valence-electron chi connectivity index (χ2n) is 3.96. The largest absolute Gasteiger partial charge is 0.481 e. The molecule has 0 N–H and O–H groups in total. The van der Waals surface area contributed by atoms with Crippen LogP contribution in [0.4, 0.5) is 0 Å². The summed E-state index contributed by atoms with van der Waals surface area (Å²) in [6.45, 7) is 5.75. The van der Waals surface area contributed by atoms with Crippen molar-refractivity contribution in [2.24, 2.45) is 0 Å². The zero-order valence-electron chi connectivity index (χ0n) is 12.1. The summed E-state index contributed by atoms with van der Waals surface area (Å²) in [7, 11) is 0. The monoisotopic (exact) mass is 280 g/mol. The summed E-state index contributed by atoms with van der Waals surface area (Å²) in [5, 5.41) is 0. The summed E-state index contributed by atoms with van der Waals surface area (Å²) >= 11 is 0. The lowest BCUT2D eigenvalue weighted by Gasteiger charge is -2.13. The van der Waals surface area contributed by atoms with Crippen molar-refractivity contribution >= 4 is 11.9 Å². The van der Waals surface area contributed by atoms with Gasteiger partial charge in [0, 0.05) is 0 Å². The predicted octanol–water partition coefficient (Wildman–Crippen LogP) is 2.37. The van der Waals surface area contributed by atoms with Gasteiger partial charge in [-0.15, -0.1) is 0 Å². The highest BCUT2D eigenvalue weighted by Gasteiger charge is 2.18. The van der Waals surface area contributed by atoms with Crippen molar-refractivity contribution in [2.75, 3.05) is 19.8 Å². The van der Waals surface area contributed by atoms with E-state index < -0.39 is 11.9 Å². The molecule has 5 nitrogen and oxygen atoms in total. The summed E-state index contributed by atoms with van der Waals surface area (Å²) in [4.78, 5) is 23.3. The van der Waals surface area contributed by atoms with Gasteiger partial charge in [0.15, 0.2) is 6.61 Å². The van der Waals surface area contributed by atoms with E-state index in [-0.39, 0.29) is 13.2 Å². The van der Waals surface area contributed by atoms with Gasteiger partial charge in [0.2, 0.25) is 0 Å². The highest BCUT2D eigenvalue weighted by Crippen LogP contribution is 2.24. The number of aryl methyl sites for hydroxylation is 1. The molecule has 0 fully saturated rings. The van der Waals surface area contributed by atoms with Crippen molar-refractivity contribution in [3.8, 4) is 5.75 Å². The van der Waals surface area contributed by atoms with Crippen LogP contribution in [0, 0.1) is 0 Å². The molecule has 0 aliphatic rings. The molecule has 1 aromatic rings. The average Bonchev–Trinajstić information content (AvgIpc) is 2.45. The fraction of sp³-hybridized carbons (Fsp3) is 0.467. The predicted molar refractivity (Wildman–Crippen MR) is 73.9 cm³/mol. The SMILES string of the molecule is CCOC(=O)COc1cccc(CC)c1C(=O)OCC. The maximum Gasteiger partial charge on any atom is 0.344 e. The van der Waals surface area contributed by atoms with Crippen molar-refractivity contribution in [1.82, 2.24) is 0 Å². The van der Waals surface area contributed by atoms with Gasteiger partial charge in [-0.05, 0) is 31.9 Å². The lowest BCUT2D eigenvalue weighted by Crippen LogP contribution is -2.17. The van der Waals surface area contributed by atoms with E-state index in [1.165, 1.54) is 0 Å². The van der Waals surface area contributed by atoms with Gasteiger partial charge >= 0.3 is 11.9 Å². The number of ether oxygens (including phenoxy) is 3. The number of hydrogen-bond donors (Lipinski definition) is 0. The summed E-state index contributed by atoms with van der Waals surface area (Å²) in [6.07, 6.45) is 0.671. The van der Waals surface area contributed by atoms with E-state index in [9.17, 15) is 9.59 Å². The van der Waals surface area contributed by atoms with Crippen LogP contribution in [0.2, 0.25) is 0 Å². The van der Waals surface area contributed by atoms with Gasteiger partial charge in [-0.25, -0.2) is 9.59 Å². The molecule has 0 atom stereocenters. The topological polar surface area (TPSA) is 61.8 Å². The van der Waals surface area contributed by atoms with E-state index in [0.717, 1.165) is 5.56 Å². The lowest BCUT2D eigenvalue weighted by molar-refractivity contribution is -0.145. The summed E-state index contributed by atoms with van der Waals surface area (Å²) in [5.41, 5.74) is 1.20. The van der Waals surface area contributed by atoms with E-state index >= 15 is 0 Å². The van der Waals surface area contributed by atoms with Crippen molar-refractivity contribution in [3.63, 3.8) is 0 Å². The number of esters is 2. The molecule has 0 radical (unpaired) electrons. The zero-order valence-corrected chi connectivity index (χ0v) is 12.1. The Morgan fingerprint density at radius 2 is 1.75 bits per heavy atom. The first-order chi connectivity index (χ1) is 9.63. The first-order valence-corrected chi connectivity index (χ1v) is 6.71. The quantitative estimate of drug-likeness (QED) is 0.717. The van der Waals surface area contributed by atoms with Crippen molar-refractivity contribution in [3.05, 3.63) is 29.3 Å². The molecule has 0 spiro atoms. The van der Waals surface area contributed by atoms with Crippen LogP contribution in [-0.4, -0.2) is 31.8 Å². The minimum absolute atomic E-state index is 0.229. The number of rotatable bonds is 7. The molecule has 5 heteroatoms. The number of carbonyl (C=O) groups is 2. The van der Waals surface area contributed by atoms with E-state index in [0.29, 0.717) is 24.3 Å². The molecule has 110 valence electrons. The minimum Gasteiger partial charge on any atom is -0.481 e. The van der Waals surface area contributed by atoms with Crippen LogP contribution < -0.4 is 4.74 Å². The van der Waals surface area contributed by atoms with Crippen molar-refractivity contribution in [1.29, 1.82) is 0 Å². The van der Waals surface area contributed by atoms with Gasteiger partial charge < -0.3 is 14.2 Å². The molecule has 0 heterocycles. The second-order valence-corrected chi connectivity index (χ2v) is 3.96. The molecule has 1 aromatic carbocycles. The van der Waals surface area contributed by atoms with Gasteiger partial charge in [0.1, 0.15) is 11.3 Å². The Morgan fingerprint density at radius 1 is 1.05 bits per heavy atom. The van der Waals surface area contributed by atoms with Crippen LogP contribution in [0.15, 0.2) is 18.2 Å². The number of benzene rings is 1. The average molecular weight is 280 g/mol. The van der Waals surface area contributed by atoms with Crippen molar-refractivity contribution < 1.29 is 23.8 Å². The normalized spacial score (nSPS) is 9.95. The van der Waals surface area contributed by atoms with Crippen LogP contribution in [0.5, 0.6) is 5.75 Å². The fourth-order valence-electron chi connectivity index (χ4n) is 1.77. The van der Waals surface area contributed by atoms with Crippen LogP contribution in [0.1, 0.15) is 36.7 Å². The summed E-state index contributed by atoms with van der Waals surface area (Å²) in [6, 6.07) is 5.26. The molecule has 0 aliphatic carbocycles. The van der Waals surface area contributed by atoms with Gasteiger partial charge in [0.05, 0.1) is 13.2 Å². The third-order valence-corrected chi connectivity index (χ3v) is 2.62. The molecule has 0 saturated heterocycles. The maximum atomic E-state index is 12.0. The molecule has 0 amide bonds. The van der Waals surface area contributed by atoms with Crippen LogP contribution in [0.3, 0.4) is 0 Å². The van der Waals surface area contributed by atoms with Gasteiger partial charge in [0.25, 0.3) is 0 Å². The first-order valence-electron chi connectivity index (χ1n) is 6.71. The Bertz CT molecular complexity index is 467. The van der Waals surface area contributed by atoms with Crippen LogP contribution in [-0.2, 0) is 20.7 Å². The van der Waals surface area contributed by atoms with E-state index in [4.69, 9.17) is 14.2 Å². The molecule has 0 aliphatic heterocycles. The lowest BCUT2D eigenvalue weighted by atomic mass is 10.0. The van der Waals surface area contributed by atoms with Crippen LogP contribution in [0.25, 0.3) is 0 Å². The Hall–Kier alpha value is -2.04. The molecular formula is C15H20O5. The Labute approximate surface area is 118 Å². The molecule has 0 bridgehead atoms. The van der Waals surface area contributed by atoms with Gasteiger partial charge in [-0.3, -0.25) is 0 Å². The highest BCUT2D eigenvalue weighted by atomic mass is 16.6. The van der Waals surface area contributed by atoms with Crippen LogP contribution >= 0.6 is 0 Å². The molecular weight excluding hydrogens is 260 g/mol. The molecule has 1 rings (SSSR count). The minimum atomic E-state index is -0.468.